The van der Waals surface area contributed by atoms with Gasteiger partial charge in [-0.1, -0.05) is 17.7 Å². The summed E-state index contributed by atoms with van der Waals surface area (Å²) in [5.74, 6) is 0. The van der Waals surface area contributed by atoms with Crippen LogP contribution in [0.15, 0.2) is 41.3 Å². The molecule has 0 spiro atoms. The molecule has 0 bridgehead atoms. The van der Waals surface area contributed by atoms with Gasteiger partial charge in [-0.15, -0.1) is 11.6 Å². The molecule has 0 radical (unpaired) electrons. The Hall–Kier alpha value is -1.55. The summed E-state index contributed by atoms with van der Waals surface area (Å²) in [6.45, 7) is 0.252. The number of rotatable bonds is 6. The lowest BCUT2D eigenvalue weighted by molar-refractivity contribution is -0.197. The topological polar surface area (TPSA) is 63.7 Å². The Morgan fingerprint density at radius 3 is 2.54 bits per heavy atom. The fourth-order valence-electron chi connectivity index (χ4n) is 2.55. The number of hydrogen-bond acceptors (Lipinski definition) is 4. The summed E-state index contributed by atoms with van der Waals surface area (Å²) >= 11 is 11.7. The highest BCUT2D eigenvalue weighted by atomic mass is 35.5. The molecule has 2 atom stereocenters. The zero-order valence-corrected chi connectivity index (χ0v) is 17.0. The Kier molecular flexibility index (Phi) is 6.54. The van der Waals surface area contributed by atoms with E-state index in [1.807, 2.05) is 0 Å². The minimum absolute atomic E-state index is 0.0285. The highest BCUT2D eigenvalue weighted by molar-refractivity contribution is 7.96. The van der Waals surface area contributed by atoms with Crippen molar-refractivity contribution in [3.05, 3.63) is 51.9 Å². The second-order valence-electron chi connectivity index (χ2n) is 6.18. The molecule has 11 heteroatoms. The van der Waals surface area contributed by atoms with Gasteiger partial charge in [0.1, 0.15) is 12.1 Å². The molecule has 1 aromatic rings. The maximum Gasteiger partial charge on any atom is 0.399 e. The van der Waals surface area contributed by atoms with Gasteiger partial charge >= 0.3 is 6.18 Å². The van der Waals surface area contributed by atoms with E-state index in [-0.39, 0.29) is 16.3 Å². The third kappa shape index (κ3) is 4.07. The maximum absolute atomic E-state index is 13.5. The lowest BCUT2D eigenvalue weighted by atomic mass is 9.82. The summed E-state index contributed by atoms with van der Waals surface area (Å²) in [5, 5.41) is -1.36. The monoisotopic (exact) mass is 457 g/mol. The standard InChI is InChI=1S/C17H16Cl2F3NO4S/c1-16(17(20,21)22)8-13(5-6-15(16)19)28(25,26)23(10-27-2)14-7-12(18)4-3-11(14)9-24/h3-9,15H,10H2,1-2H3. The van der Waals surface area contributed by atoms with E-state index in [4.69, 9.17) is 27.9 Å². The minimum Gasteiger partial charge on any atom is -0.363 e. The lowest BCUT2D eigenvalue weighted by Crippen LogP contribution is -2.43. The first-order valence-electron chi connectivity index (χ1n) is 7.76. The highest BCUT2D eigenvalue weighted by Gasteiger charge is 2.55. The summed E-state index contributed by atoms with van der Waals surface area (Å²) < 4.78 is 72.4. The quantitative estimate of drug-likeness (QED) is 0.357. The molecule has 2 unspecified atom stereocenters. The summed E-state index contributed by atoms with van der Waals surface area (Å²) in [5.41, 5.74) is -2.76. The predicted molar refractivity (Wildman–Crippen MR) is 101 cm³/mol. The molecule has 0 aliphatic heterocycles. The SMILES string of the molecule is COCN(c1cc(Cl)ccc1C=O)S(=O)(=O)C1=CC(C)(C(F)(F)F)C(Cl)C=C1. The number of aldehydes is 1. The number of sulfonamides is 1. The number of carbonyl (C=O) groups is 1. The first kappa shape index (κ1) is 22.7. The number of nitrogens with zero attached hydrogens (tertiary/aromatic N) is 1. The molecule has 1 aliphatic rings. The van der Waals surface area contributed by atoms with Gasteiger partial charge in [-0.2, -0.15) is 13.2 Å². The molecule has 0 saturated carbocycles. The van der Waals surface area contributed by atoms with Crippen molar-refractivity contribution in [3.63, 3.8) is 0 Å². The summed E-state index contributed by atoms with van der Waals surface area (Å²) in [7, 11) is -3.34. The van der Waals surface area contributed by atoms with Crippen molar-refractivity contribution in [2.75, 3.05) is 18.1 Å². The number of halogens is 5. The number of ether oxygens (including phenoxy) is 1. The van der Waals surface area contributed by atoms with E-state index in [0.717, 1.165) is 19.1 Å². The highest BCUT2D eigenvalue weighted by Crippen LogP contribution is 2.48. The van der Waals surface area contributed by atoms with Crippen LogP contribution in [0.2, 0.25) is 5.02 Å². The third-order valence-corrected chi connectivity index (χ3v) is 6.84. The van der Waals surface area contributed by atoms with Crippen LogP contribution in [-0.4, -0.2) is 40.1 Å². The molecule has 1 aromatic carbocycles. The van der Waals surface area contributed by atoms with Gasteiger partial charge < -0.3 is 4.74 Å². The Morgan fingerprint density at radius 2 is 2.00 bits per heavy atom. The average Bonchev–Trinajstić information content (AvgIpc) is 2.60. The van der Waals surface area contributed by atoms with Crippen LogP contribution in [0.1, 0.15) is 17.3 Å². The second-order valence-corrected chi connectivity index (χ2v) is 8.95. The van der Waals surface area contributed by atoms with E-state index in [1.54, 1.807) is 0 Å². The molecule has 2 rings (SSSR count). The number of allylic oxidation sites excluding steroid dienone is 3. The van der Waals surface area contributed by atoms with Crippen molar-refractivity contribution < 1.29 is 31.1 Å². The van der Waals surface area contributed by atoms with Crippen LogP contribution in [0.25, 0.3) is 0 Å². The van der Waals surface area contributed by atoms with E-state index in [1.165, 1.54) is 25.3 Å². The Morgan fingerprint density at radius 1 is 1.36 bits per heavy atom. The average molecular weight is 458 g/mol. The number of carbonyl (C=O) groups excluding carboxylic acids is 1. The van der Waals surface area contributed by atoms with Crippen LogP contribution in [-0.2, 0) is 14.8 Å². The molecule has 1 aliphatic carbocycles. The van der Waals surface area contributed by atoms with Crippen LogP contribution in [0.4, 0.5) is 18.9 Å². The summed E-state index contributed by atoms with van der Waals surface area (Å²) in [4.78, 5) is 10.7. The van der Waals surface area contributed by atoms with Gasteiger partial charge in [0.25, 0.3) is 10.0 Å². The molecule has 0 fully saturated rings. The van der Waals surface area contributed by atoms with E-state index in [2.05, 4.69) is 0 Å². The van der Waals surface area contributed by atoms with Crippen molar-refractivity contribution in [2.24, 2.45) is 5.41 Å². The molecular formula is C17H16Cl2F3NO4S. The number of anilines is 1. The zero-order valence-electron chi connectivity index (χ0n) is 14.7. The van der Waals surface area contributed by atoms with Gasteiger partial charge in [0.2, 0.25) is 0 Å². The van der Waals surface area contributed by atoms with Gasteiger partial charge in [0, 0.05) is 17.7 Å². The molecule has 0 amide bonds. The third-order valence-electron chi connectivity index (χ3n) is 4.28. The molecular weight excluding hydrogens is 442 g/mol. The van der Waals surface area contributed by atoms with E-state index in [9.17, 15) is 26.4 Å². The summed E-state index contributed by atoms with van der Waals surface area (Å²) in [6, 6.07) is 3.88. The Labute approximate surface area is 170 Å². The Balaban J connectivity index is 2.66. The fourth-order valence-corrected chi connectivity index (χ4v) is 4.53. The second kappa shape index (κ2) is 8.06. The normalized spacial score (nSPS) is 22.7. The number of hydrogen-bond donors (Lipinski definition) is 0. The van der Waals surface area contributed by atoms with Gasteiger partial charge in [-0.05, 0) is 37.3 Å². The van der Waals surface area contributed by atoms with E-state index >= 15 is 0 Å². The van der Waals surface area contributed by atoms with Crippen molar-refractivity contribution in [1.82, 2.24) is 0 Å². The van der Waals surface area contributed by atoms with Crippen molar-refractivity contribution in [2.45, 2.75) is 18.5 Å². The molecule has 28 heavy (non-hydrogen) atoms. The molecule has 154 valence electrons. The van der Waals surface area contributed by atoms with Crippen LogP contribution in [0.5, 0.6) is 0 Å². The van der Waals surface area contributed by atoms with Gasteiger partial charge in [-0.3, -0.25) is 4.79 Å². The van der Waals surface area contributed by atoms with Crippen LogP contribution in [0, 0.1) is 5.41 Å². The first-order valence-corrected chi connectivity index (χ1v) is 10.0. The van der Waals surface area contributed by atoms with Crippen LogP contribution >= 0.6 is 23.2 Å². The number of alkyl halides is 4. The molecule has 0 saturated heterocycles. The van der Waals surface area contributed by atoms with Gasteiger partial charge in [0.15, 0.2) is 6.29 Å². The van der Waals surface area contributed by atoms with Crippen LogP contribution in [0.3, 0.4) is 0 Å². The van der Waals surface area contributed by atoms with Gasteiger partial charge in [0.05, 0.1) is 16.0 Å². The predicted octanol–water partition coefficient (Wildman–Crippen LogP) is 4.52. The van der Waals surface area contributed by atoms with Crippen molar-refractivity contribution in [1.29, 1.82) is 0 Å². The first-order chi connectivity index (χ1) is 12.9. The molecule has 5 nitrogen and oxygen atoms in total. The fraction of sp³-hybridized carbons (Fsp3) is 0.353. The minimum atomic E-state index is -4.79. The largest absolute Gasteiger partial charge is 0.399 e. The maximum atomic E-state index is 13.5. The summed E-state index contributed by atoms with van der Waals surface area (Å²) in [6.07, 6.45) is -1.86. The van der Waals surface area contributed by atoms with Gasteiger partial charge in [-0.25, -0.2) is 12.7 Å². The molecule has 0 aromatic heterocycles. The number of benzene rings is 1. The van der Waals surface area contributed by atoms with Crippen LogP contribution < -0.4 is 4.31 Å². The van der Waals surface area contributed by atoms with Crippen molar-refractivity contribution >= 4 is 45.2 Å². The lowest BCUT2D eigenvalue weighted by Gasteiger charge is -2.35. The smallest absolute Gasteiger partial charge is 0.363 e. The Bertz CT molecular complexity index is 931. The van der Waals surface area contributed by atoms with E-state index in [0.29, 0.717) is 16.7 Å². The molecule has 0 N–H and O–H groups in total. The number of methoxy groups -OCH3 is 1. The zero-order chi connectivity index (χ0) is 21.3. The van der Waals surface area contributed by atoms with E-state index < -0.39 is 38.6 Å². The van der Waals surface area contributed by atoms with Crippen molar-refractivity contribution in [3.8, 4) is 0 Å². The molecule has 0 heterocycles.